The number of benzene rings is 1. The van der Waals surface area contributed by atoms with Crippen molar-refractivity contribution < 1.29 is 18.4 Å². The highest BCUT2D eigenvalue weighted by Gasteiger charge is 2.18. The molecule has 7 nitrogen and oxygen atoms in total. The third-order valence-electron chi connectivity index (χ3n) is 3.59. The second-order valence-electron chi connectivity index (χ2n) is 5.69. The highest BCUT2D eigenvalue weighted by molar-refractivity contribution is 7.14. The predicted molar refractivity (Wildman–Crippen MR) is 99.3 cm³/mol. The Hall–Kier alpha value is -3.20. The van der Waals surface area contributed by atoms with Crippen molar-refractivity contribution in [2.24, 2.45) is 0 Å². The first-order valence-electron chi connectivity index (χ1n) is 8.04. The molecule has 0 atom stereocenters. The Balaban J connectivity index is 1.52. The molecular formula is C18H17FN4O3S. The normalized spacial score (nSPS) is 10.4. The fraction of sp³-hybridized carbons (Fsp3) is 0.167. The highest BCUT2D eigenvalue weighted by atomic mass is 32.1. The van der Waals surface area contributed by atoms with Gasteiger partial charge >= 0.3 is 0 Å². The molecule has 1 aromatic carbocycles. The standard InChI is InChI=1S/C18H17FN4O3S/c1-23(10-16(24)20-9-14-3-2-8-26-14)17(25)15-11-27-18(22-15)21-13-6-4-12(19)5-7-13/h2-8,11H,9-10H2,1H3,(H,20,24)(H,21,22). The second-order valence-corrected chi connectivity index (χ2v) is 6.55. The summed E-state index contributed by atoms with van der Waals surface area (Å²) in [6.45, 7) is 0.161. The maximum Gasteiger partial charge on any atom is 0.273 e. The molecule has 3 rings (SSSR count). The SMILES string of the molecule is CN(CC(=O)NCc1ccco1)C(=O)c1csc(Nc2ccc(F)cc2)n1. The number of aromatic nitrogens is 1. The van der Waals surface area contributed by atoms with Crippen molar-refractivity contribution in [1.82, 2.24) is 15.2 Å². The lowest BCUT2D eigenvalue weighted by Crippen LogP contribution is -2.38. The van der Waals surface area contributed by atoms with Crippen LogP contribution >= 0.6 is 11.3 Å². The summed E-state index contributed by atoms with van der Waals surface area (Å²) in [5.41, 5.74) is 0.890. The van der Waals surface area contributed by atoms with Crippen LogP contribution in [-0.2, 0) is 11.3 Å². The smallest absolute Gasteiger partial charge is 0.273 e. The monoisotopic (exact) mass is 388 g/mol. The minimum Gasteiger partial charge on any atom is -0.467 e. The van der Waals surface area contributed by atoms with Gasteiger partial charge in [0.2, 0.25) is 5.91 Å². The van der Waals surface area contributed by atoms with E-state index in [0.29, 0.717) is 16.6 Å². The second kappa shape index (κ2) is 8.45. The molecule has 2 aromatic heterocycles. The molecule has 27 heavy (non-hydrogen) atoms. The number of halogens is 1. The number of furan rings is 1. The van der Waals surface area contributed by atoms with Crippen molar-refractivity contribution >= 4 is 34.0 Å². The van der Waals surface area contributed by atoms with E-state index in [4.69, 9.17) is 4.42 Å². The van der Waals surface area contributed by atoms with E-state index in [-0.39, 0.29) is 36.4 Å². The van der Waals surface area contributed by atoms with Crippen LogP contribution in [0.15, 0.2) is 52.5 Å². The Morgan fingerprint density at radius 1 is 1.26 bits per heavy atom. The topological polar surface area (TPSA) is 87.5 Å². The van der Waals surface area contributed by atoms with Crippen molar-refractivity contribution in [1.29, 1.82) is 0 Å². The molecule has 2 amide bonds. The van der Waals surface area contributed by atoms with Gasteiger partial charge in [0, 0.05) is 18.1 Å². The number of nitrogens with one attached hydrogen (secondary N) is 2. The summed E-state index contributed by atoms with van der Waals surface area (Å²) < 4.78 is 18.1. The van der Waals surface area contributed by atoms with Crippen LogP contribution in [0.1, 0.15) is 16.2 Å². The zero-order valence-corrected chi connectivity index (χ0v) is 15.3. The van der Waals surface area contributed by atoms with Crippen molar-refractivity contribution in [3.05, 3.63) is 65.3 Å². The van der Waals surface area contributed by atoms with Gasteiger partial charge in [0.25, 0.3) is 5.91 Å². The molecule has 0 saturated heterocycles. The van der Waals surface area contributed by atoms with Crippen LogP contribution in [-0.4, -0.2) is 35.3 Å². The van der Waals surface area contributed by atoms with Crippen LogP contribution in [0.25, 0.3) is 0 Å². The number of rotatable bonds is 7. The summed E-state index contributed by atoms with van der Waals surface area (Å²) >= 11 is 1.25. The molecule has 2 N–H and O–H groups in total. The Bertz CT molecular complexity index is 909. The van der Waals surface area contributed by atoms with Crippen molar-refractivity contribution in [3.8, 4) is 0 Å². The molecule has 0 radical (unpaired) electrons. The molecule has 0 bridgehead atoms. The molecule has 0 saturated carbocycles. The molecule has 0 aliphatic carbocycles. The van der Waals surface area contributed by atoms with Gasteiger partial charge in [-0.25, -0.2) is 9.37 Å². The zero-order chi connectivity index (χ0) is 19.2. The predicted octanol–water partition coefficient (Wildman–Crippen LogP) is 3.01. The minimum absolute atomic E-state index is 0.0994. The van der Waals surface area contributed by atoms with Gasteiger partial charge in [-0.05, 0) is 36.4 Å². The number of likely N-dealkylation sites (N-methyl/N-ethyl adjacent to an activating group) is 1. The molecule has 3 aromatic rings. The summed E-state index contributed by atoms with van der Waals surface area (Å²) in [6.07, 6.45) is 1.52. The first kappa shape index (κ1) is 18.6. The summed E-state index contributed by atoms with van der Waals surface area (Å²) in [7, 11) is 1.53. The summed E-state index contributed by atoms with van der Waals surface area (Å²) in [4.78, 5) is 29.9. The third kappa shape index (κ3) is 5.14. The van der Waals surface area contributed by atoms with Crippen LogP contribution < -0.4 is 10.6 Å². The van der Waals surface area contributed by atoms with E-state index in [1.54, 1.807) is 29.6 Å². The molecular weight excluding hydrogens is 371 g/mol. The average molecular weight is 388 g/mol. The minimum atomic E-state index is -0.369. The van der Waals surface area contributed by atoms with E-state index in [0.717, 1.165) is 0 Å². The molecule has 0 aliphatic heterocycles. The van der Waals surface area contributed by atoms with Gasteiger partial charge in [-0.2, -0.15) is 0 Å². The number of amides is 2. The van der Waals surface area contributed by atoms with Crippen LogP contribution in [0.5, 0.6) is 0 Å². The van der Waals surface area contributed by atoms with E-state index in [1.165, 1.54) is 41.7 Å². The highest BCUT2D eigenvalue weighted by Crippen LogP contribution is 2.21. The number of hydrogen-bond acceptors (Lipinski definition) is 6. The van der Waals surface area contributed by atoms with Gasteiger partial charge in [0.1, 0.15) is 17.3 Å². The fourth-order valence-corrected chi connectivity index (χ4v) is 2.93. The fourth-order valence-electron chi connectivity index (χ4n) is 2.22. The first-order chi connectivity index (χ1) is 13.0. The lowest BCUT2D eigenvalue weighted by Gasteiger charge is -2.15. The largest absolute Gasteiger partial charge is 0.467 e. The van der Waals surface area contributed by atoms with Crippen molar-refractivity contribution in [3.63, 3.8) is 0 Å². The number of hydrogen-bond donors (Lipinski definition) is 2. The lowest BCUT2D eigenvalue weighted by atomic mass is 10.3. The van der Waals surface area contributed by atoms with Gasteiger partial charge in [-0.3, -0.25) is 9.59 Å². The van der Waals surface area contributed by atoms with Crippen LogP contribution in [0.3, 0.4) is 0 Å². The summed E-state index contributed by atoms with van der Waals surface area (Å²) in [6, 6.07) is 9.30. The van der Waals surface area contributed by atoms with E-state index in [2.05, 4.69) is 15.6 Å². The van der Waals surface area contributed by atoms with Gasteiger partial charge in [-0.1, -0.05) is 0 Å². The molecule has 140 valence electrons. The lowest BCUT2D eigenvalue weighted by molar-refractivity contribution is -0.121. The van der Waals surface area contributed by atoms with E-state index in [1.807, 2.05) is 0 Å². The molecule has 0 aliphatic rings. The number of carbonyl (C=O) groups excluding carboxylic acids is 2. The molecule has 0 fully saturated rings. The Labute approximate surface area is 158 Å². The van der Waals surface area contributed by atoms with Crippen molar-refractivity contribution in [2.75, 3.05) is 18.9 Å². The van der Waals surface area contributed by atoms with Crippen LogP contribution in [0.2, 0.25) is 0 Å². The number of anilines is 2. The van der Waals surface area contributed by atoms with Gasteiger partial charge in [-0.15, -0.1) is 11.3 Å². The molecule has 9 heteroatoms. The van der Waals surface area contributed by atoms with Gasteiger partial charge < -0.3 is 20.0 Å². The van der Waals surface area contributed by atoms with Crippen LogP contribution in [0, 0.1) is 5.82 Å². The van der Waals surface area contributed by atoms with Gasteiger partial charge in [0.05, 0.1) is 19.4 Å². The Morgan fingerprint density at radius 2 is 2.04 bits per heavy atom. The molecule has 2 heterocycles. The number of thiazole rings is 1. The van der Waals surface area contributed by atoms with Crippen molar-refractivity contribution in [2.45, 2.75) is 6.54 Å². The summed E-state index contributed by atoms with van der Waals surface area (Å²) in [5.74, 6) is -0.371. The summed E-state index contributed by atoms with van der Waals surface area (Å²) in [5, 5.41) is 7.78. The zero-order valence-electron chi connectivity index (χ0n) is 14.4. The first-order valence-corrected chi connectivity index (χ1v) is 8.92. The Kier molecular flexibility index (Phi) is 5.82. The number of carbonyl (C=O) groups is 2. The van der Waals surface area contributed by atoms with Crippen LogP contribution in [0.4, 0.5) is 15.2 Å². The average Bonchev–Trinajstić information content (AvgIpc) is 3.33. The molecule has 0 unspecified atom stereocenters. The van der Waals surface area contributed by atoms with E-state index in [9.17, 15) is 14.0 Å². The van der Waals surface area contributed by atoms with E-state index >= 15 is 0 Å². The van der Waals surface area contributed by atoms with E-state index < -0.39 is 0 Å². The maximum atomic E-state index is 12.9. The third-order valence-corrected chi connectivity index (χ3v) is 4.34. The number of nitrogens with zero attached hydrogens (tertiary/aromatic N) is 2. The quantitative estimate of drug-likeness (QED) is 0.650. The maximum absolute atomic E-state index is 12.9. The Morgan fingerprint density at radius 3 is 2.74 bits per heavy atom. The molecule has 0 spiro atoms. The van der Waals surface area contributed by atoms with Gasteiger partial charge in [0.15, 0.2) is 5.13 Å².